The monoisotopic (exact) mass is 380 g/mol. The molecule has 3 aromatic rings. The zero-order valence-corrected chi connectivity index (χ0v) is 16.0. The highest BCUT2D eigenvalue weighted by molar-refractivity contribution is 5.80. The number of carbonyl (C=O) groups is 1. The minimum absolute atomic E-state index is 0.166. The van der Waals surface area contributed by atoms with Gasteiger partial charge in [0.1, 0.15) is 19.0 Å². The predicted molar refractivity (Wildman–Crippen MR) is 108 cm³/mol. The van der Waals surface area contributed by atoms with Crippen LogP contribution in [0.2, 0.25) is 0 Å². The molecule has 0 saturated carbocycles. The van der Waals surface area contributed by atoms with Crippen molar-refractivity contribution in [1.29, 1.82) is 0 Å². The van der Waals surface area contributed by atoms with Gasteiger partial charge in [0.05, 0.1) is 17.5 Å². The van der Waals surface area contributed by atoms with Crippen molar-refractivity contribution in [3.63, 3.8) is 0 Å². The molecule has 0 radical (unpaired) electrons. The summed E-state index contributed by atoms with van der Waals surface area (Å²) in [7, 11) is 0. The molecule has 0 saturated heterocycles. The number of para-hydroxylation sites is 1. The molecule has 0 spiro atoms. The molecule has 6 heteroatoms. The van der Waals surface area contributed by atoms with Crippen LogP contribution >= 0.6 is 0 Å². The van der Waals surface area contributed by atoms with Crippen LogP contribution in [0.1, 0.15) is 19.8 Å². The molecule has 0 bridgehead atoms. The summed E-state index contributed by atoms with van der Waals surface area (Å²) in [6.45, 7) is 3.06. The molecule has 0 unspecified atom stereocenters. The molecular weight excluding hydrogens is 356 g/mol. The molecule has 0 fully saturated rings. The molecule has 2 aromatic carbocycles. The second-order valence-electron chi connectivity index (χ2n) is 6.40. The van der Waals surface area contributed by atoms with Gasteiger partial charge in [0.25, 0.3) is 5.56 Å². The van der Waals surface area contributed by atoms with Crippen molar-refractivity contribution in [2.45, 2.75) is 26.3 Å². The smallest absolute Gasteiger partial charge is 0.326 e. The Balaban J connectivity index is 1.82. The lowest BCUT2D eigenvalue weighted by Crippen LogP contribution is -2.28. The van der Waals surface area contributed by atoms with Crippen molar-refractivity contribution >= 4 is 16.9 Å². The number of unbranched alkanes of at least 4 members (excludes halogenated alkanes) is 1. The Morgan fingerprint density at radius 3 is 2.54 bits per heavy atom. The molecule has 1 heterocycles. The van der Waals surface area contributed by atoms with E-state index >= 15 is 0 Å². The molecule has 0 aliphatic rings. The molecule has 6 nitrogen and oxygen atoms in total. The van der Waals surface area contributed by atoms with Gasteiger partial charge < -0.3 is 9.47 Å². The largest absolute Gasteiger partial charge is 0.462 e. The molecule has 0 atom stereocenters. The number of esters is 1. The number of aromatic nitrogens is 2. The number of fused-ring (bicyclic) bond motifs is 1. The average molecular weight is 380 g/mol. The third kappa shape index (κ3) is 4.84. The Bertz CT molecular complexity index is 983. The lowest BCUT2D eigenvalue weighted by Gasteiger charge is -2.13. The van der Waals surface area contributed by atoms with Gasteiger partial charge in [0.15, 0.2) is 0 Å². The standard InChI is InChI=1S/C22H24N2O4/c1-2-3-13-27-14-15-28-20(25)16-24-21(17-9-5-4-6-10-17)23-19-12-8-7-11-18(19)22(24)26/h4-12H,2-3,13-16H2,1H3. The van der Waals surface area contributed by atoms with E-state index in [9.17, 15) is 9.59 Å². The van der Waals surface area contributed by atoms with Gasteiger partial charge >= 0.3 is 5.97 Å². The highest BCUT2D eigenvalue weighted by atomic mass is 16.6. The zero-order chi connectivity index (χ0) is 19.8. The molecule has 1 aromatic heterocycles. The fourth-order valence-corrected chi connectivity index (χ4v) is 2.86. The molecule has 0 amide bonds. The Labute approximate surface area is 163 Å². The number of benzene rings is 2. The summed E-state index contributed by atoms with van der Waals surface area (Å²) in [5.41, 5.74) is 1.10. The van der Waals surface area contributed by atoms with Crippen molar-refractivity contribution < 1.29 is 14.3 Å². The molecule has 146 valence electrons. The highest BCUT2D eigenvalue weighted by Crippen LogP contribution is 2.18. The molecule has 0 aliphatic carbocycles. The van der Waals surface area contributed by atoms with Gasteiger partial charge in [-0.05, 0) is 18.6 Å². The molecule has 3 rings (SSSR count). The van der Waals surface area contributed by atoms with Crippen LogP contribution in [0.15, 0.2) is 59.4 Å². The van der Waals surface area contributed by atoms with E-state index in [4.69, 9.17) is 9.47 Å². The van der Waals surface area contributed by atoms with Crippen LogP contribution in [-0.4, -0.2) is 35.3 Å². The number of hydrogen-bond donors (Lipinski definition) is 0. The first-order valence-electron chi connectivity index (χ1n) is 9.49. The number of hydrogen-bond acceptors (Lipinski definition) is 5. The van der Waals surface area contributed by atoms with Crippen LogP contribution < -0.4 is 5.56 Å². The first-order valence-corrected chi connectivity index (χ1v) is 9.49. The van der Waals surface area contributed by atoms with E-state index in [1.807, 2.05) is 36.4 Å². The lowest BCUT2D eigenvalue weighted by molar-refractivity contribution is -0.145. The van der Waals surface area contributed by atoms with Gasteiger partial charge in [-0.25, -0.2) is 4.98 Å². The first-order chi connectivity index (χ1) is 13.7. The van der Waals surface area contributed by atoms with E-state index in [0.717, 1.165) is 18.4 Å². The zero-order valence-electron chi connectivity index (χ0n) is 16.0. The molecular formula is C22H24N2O4. The van der Waals surface area contributed by atoms with Gasteiger partial charge in [-0.2, -0.15) is 0 Å². The minimum atomic E-state index is -0.490. The second-order valence-corrected chi connectivity index (χ2v) is 6.40. The Morgan fingerprint density at radius 2 is 1.75 bits per heavy atom. The Hall–Kier alpha value is -2.99. The van der Waals surface area contributed by atoms with E-state index in [0.29, 0.717) is 29.9 Å². The fraction of sp³-hybridized carbons (Fsp3) is 0.318. The first kappa shape index (κ1) is 19.8. The maximum absolute atomic E-state index is 13.0. The van der Waals surface area contributed by atoms with Gasteiger partial charge in [-0.3, -0.25) is 14.2 Å². The number of nitrogens with zero attached hydrogens (tertiary/aromatic N) is 2. The van der Waals surface area contributed by atoms with Crippen molar-refractivity contribution in [3.8, 4) is 11.4 Å². The van der Waals surface area contributed by atoms with Crippen molar-refractivity contribution in [2.75, 3.05) is 19.8 Å². The summed E-state index contributed by atoms with van der Waals surface area (Å²) in [5, 5.41) is 0.470. The van der Waals surface area contributed by atoms with E-state index in [-0.39, 0.29) is 18.7 Å². The fourth-order valence-electron chi connectivity index (χ4n) is 2.86. The van der Waals surface area contributed by atoms with Gasteiger partial charge in [0, 0.05) is 12.2 Å². The topological polar surface area (TPSA) is 70.4 Å². The Morgan fingerprint density at radius 1 is 1.00 bits per heavy atom. The summed E-state index contributed by atoms with van der Waals surface area (Å²) in [5.74, 6) is -0.0455. The number of ether oxygens (including phenoxy) is 2. The van der Waals surface area contributed by atoms with Crippen LogP contribution in [0.4, 0.5) is 0 Å². The molecule has 28 heavy (non-hydrogen) atoms. The maximum atomic E-state index is 13.0. The maximum Gasteiger partial charge on any atom is 0.326 e. The summed E-state index contributed by atoms with van der Waals surface area (Å²) < 4.78 is 12.0. The second kappa shape index (κ2) is 9.80. The van der Waals surface area contributed by atoms with Gasteiger partial charge in [-0.15, -0.1) is 0 Å². The molecule has 0 aliphatic heterocycles. The van der Waals surface area contributed by atoms with E-state index in [1.165, 1.54) is 4.57 Å². The third-order valence-electron chi connectivity index (χ3n) is 4.31. The SMILES string of the molecule is CCCCOCCOC(=O)Cn1c(-c2ccccc2)nc2ccccc2c1=O. The normalized spacial score (nSPS) is 10.9. The average Bonchev–Trinajstić information content (AvgIpc) is 2.73. The Kier molecular flexibility index (Phi) is 6.92. The number of rotatable bonds is 9. The highest BCUT2D eigenvalue weighted by Gasteiger charge is 2.16. The van der Waals surface area contributed by atoms with Crippen molar-refractivity contribution in [2.24, 2.45) is 0 Å². The van der Waals surface area contributed by atoms with Crippen LogP contribution in [0.5, 0.6) is 0 Å². The summed E-state index contributed by atoms with van der Waals surface area (Å²) in [6, 6.07) is 16.5. The molecule has 0 N–H and O–H groups in total. The predicted octanol–water partition coefficient (Wildman–Crippen LogP) is 3.42. The van der Waals surface area contributed by atoms with Crippen LogP contribution in [0.25, 0.3) is 22.3 Å². The van der Waals surface area contributed by atoms with Gasteiger partial charge in [0.2, 0.25) is 0 Å². The van der Waals surface area contributed by atoms with E-state index in [1.54, 1.807) is 18.2 Å². The van der Waals surface area contributed by atoms with E-state index in [2.05, 4.69) is 11.9 Å². The van der Waals surface area contributed by atoms with Crippen molar-refractivity contribution in [3.05, 3.63) is 65.0 Å². The van der Waals surface area contributed by atoms with Crippen LogP contribution in [0.3, 0.4) is 0 Å². The van der Waals surface area contributed by atoms with Gasteiger partial charge in [-0.1, -0.05) is 55.8 Å². The summed E-state index contributed by atoms with van der Waals surface area (Å²) >= 11 is 0. The number of carbonyl (C=O) groups excluding carboxylic acids is 1. The minimum Gasteiger partial charge on any atom is -0.462 e. The van der Waals surface area contributed by atoms with Crippen LogP contribution in [0, 0.1) is 0 Å². The van der Waals surface area contributed by atoms with Crippen molar-refractivity contribution in [1.82, 2.24) is 9.55 Å². The van der Waals surface area contributed by atoms with Crippen LogP contribution in [-0.2, 0) is 20.8 Å². The van der Waals surface area contributed by atoms with E-state index < -0.39 is 5.97 Å². The third-order valence-corrected chi connectivity index (χ3v) is 4.31. The summed E-state index contributed by atoms with van der Waals surface area (Å²) in [4.78, 5) is 29.9. The quantitative estimate of drug-likeness (QED) is 0.420. The summed E-state index contributed by atoms with van der Waals surface area (Å²) in [6.07, 6.45) is 2.03. The lowest BCUT2D eigenvalue weighted by atomic mass is 10.2.